The topological polar surface area (TPSA) is 83.6 Å². The van der Waals surface area contributed by atoms with Crippen molar-refractivity contribution in [2.45, 2.75) is 18.9 Å². The minimum Gasteiger partial charge on any atom is -0.326 e. The molecule has 3 fully saturated rings. The lowest BCUT2D eigenvalue weighted by molar-refractivity contribution is 0.0896. The van der Waals surface area contributed by atoms with Crippen LogP contribution in [0.5, 0.6) is 0 Å². The Morgan fingerprint density at radius 3 is 1.93 bits per heavy atom. The molecule has 3 heterocycles. The molecule has 0 spiro atoms. The molecule has 3 N–H and O–H groups in total. The Kier molecular flexibility index (Phi) is 3.88. The Labute approximate surface area is 85.0 Å². The van der Waals surface area contributed by atoms with Crippen molar-refractivity contribution in [3.63, 3.8) is 0 Å². The van der Waals surface area contributed by atoms with E-state index in [0.717, 1.165) is 12.5 Å². The van der Waals surface area contributed by atoms with Crippen molar-refractivity contribution in [1.82, 2.24) is 4.90 Å². The van der Waals surface area contributed by atoms with E-state index in [1.54, 1.807) is 0 Å². The summed E-state index contributed by atoms with van der Waals surface area (Å²) >= 11 is 0. The van der Waals surface area contributed by atoms with Crippen LogP contribution in [0.4, 0.5) is 0 Å². The van der Waals surface area contributed by atoms with E-state index in [-0.39, 0.29) is 0 Å². The summed E-state index contributed by atoms with van der Waals surface area (Å²) in [5.41, 5.74) is 5.88. The predicted octanol–water partition coefficient (Wildman–Crippen LogP) is -0.457. The maximum absolute atomic E-state index is 9.19. The van der Waals surface area contributed by atoms with E-state index in [2.05, 4.69) is 4.90 Å². The van der Waals surface area contributed by atoms with Crippen LogP contribution in [0.3, 0.4) is 0 Å². The van der Waals surface area contributed by atoms with Crippen molar-refractivity contribution >= 4 is 10.1 Å². The third kappa shape index (κ3) is 4.36. The van der Waals surface area contributed by atoms with Crippen molar-refractivity contribution < 1.29 is 13.0 Å². The average Bonchev–Trinajstić information content (AvgIpc) is 2.02. The highest BCUT2D eigenvalue weighted by Gasteiger charge is 2.31. The molecule has 0 aromatic heterocycles. The molecule has 0 aromatic carbocycles. The van der Waals surface area contributed by atoms with Gasteiger partial charge >= 0.3 is 0 Å². The summed E-state index contributed by atoms with van der Waals surface area (Å²) in [5.74, 6) is 0.856. The molecule has 3 aliphatic heterocycles. The quantitative estimate of drug-likeness (QED) is 0.542. The van der Waals surface area contributed by atoms with Gasteiger partial charge in [-0.25, -0.2) is 0 Å². The number of hydrogen-bond acceptors (Lipinski definition) is 4. The Bertz CT molecular complexity index is 262. The summed E-state index contributed by atoms with van der Waals surface area (Å²) in [6.45, 7) is 3.77. The largest absolute Gasteiger partial charge is 0.326 e. The van der Waals surface area contributed by atoms with Gasteiger partial charge < -0.3 is 10.6 Å². The first-order valence-electron chi connectivity index (χ1n) is 4.76. The van der Waals surface area contributed by atoms with Crippen molar-refractivity contribution in [2.75, 3.05) is 25.9 Å². The molecular weight excluding hydrogens is 204 g/mol. The molecule has 3 rings (SSSR count). The Balaban J connectivity index is 0.000000171. The molecule has 0 saturated carbocycles. The number of rotatable bonds is 0. The molecule has 3 saturated heterocycles. The molecule has 0 aliphatic carbocycles. The molecule has 0 unspecified atom stereocenters. The van der Waals surface area contributed by atoms with Crippen LogP contribution in [0.15, 0.2) is 0 Å². The van der Waals surface area contributed by atoms with E-state index in [1.807, 2.05) is 0 Å². The summed E-state index contributed by atoms with van der Waals surface area (Å²) in [5, 5.41) is 0. The fourth-order valence-corrected chi connectivity index (χ4v) is 2.01. The molecule has 3 aliphatic rings. The number of nitrogens with two attached hydrogens (primary N) is 1. The molecular formula is C8H18N2O3S. The van der Waals surface area contributed by atoms with Crippen molar-refractivity contribution in [3.8, 4) is 0 Å². The van der Waals surface area contributed by atoms with Crippen LogP contribution in [0, 0.1) is 5.92 Å². The lowest BCUT2D eigenvalue weighted by Crippen LogP contribution is -2.54. The average molecular weight is 222 g/mol. The maximum atomic E-state index is 9.19. The number of nitrogens with zero attached hydrogens (tertiary/aromatic N) is 1. The van der Waals surface area contributed by atoms with E-state index in [9.17, 15) is 8.42 Å². The monoisotopic (exact) mass is 222 g/mol. The zero-order valence-corrected chi connectivity index (χ0v) is 9.20. The summed E-state index contributed by atoms with van der Waals surface area (Å²) in [6, 6.07) is 0.493. The minimum absolute atomic E-state index is 0.493. The van der Waals surface area contributed by atoms with Crippen LogP contribution in [0.1, 0.15) is 12.8 Å². The SMILES string of the molecule is CS(=O)(=O)O.N[C@H]1CN2CCC1CC2. The molecule has 0 radical (unpaired) electrons. The van der Waals surface area contributed by atoms with Crippen LogP contribution >= 0.6 is 0 Å². The lowest BCUT2D eigenvalue weighted by atomic mass is 9.85. The molecule has 5 nitrogen and oxygen atoms in total. The maximum Gasteiger partial charge on any atom is 0.261 e. The zero-order chi connectivity index (χ0) is 10.8. The summed E-state index contributed by atoms with van der Waals surface area (Å²) in [7, 11) is -3.67. The molecule has 84 valence electrons. The van der Waals surface area contributed by atoms with E-state index >= 15 is 0 Å². The lowest BCUT2D eigenvalue weighted by Gasteiger charge is -2.43. The first-order valence-corrected chi connectivity index (χ1v) is 6.61. The van der Waals surface area contributed by atoms with Crippen LogP contribution < -0.4 is 5.73 Å². The molecule has 0 aromatic rings. The van der Waals surface area contributed by atoms with Gasteiger partial charge in [0.2, 0.25) is 0 Å². The van der Waals surface area contributed by atoms with Gasteiger partial charge in [0, 0.05) is 12.6 Å². The summed E-state index contributed by atoms with van der Waals surface area (Å²) in [6.07, 6.45) is 3.41. The van der Waals surface area contributed by atoms with Gasteiger partial charge in [0.15, 0.2) is 0 Å². The normalized spacial score (nSPS) is 36.1. The summed E-state index contributed by atoms with van der Waals surface area (Å²) in [4.78, 5) is 2.48. The number of fused-ring (bicyclic) bond motifs is 3. The van der Waals surface area contributed by atoms with Gasteiger partial charge in [0.05, 0.1) is 6.26 Å². The molecule has 0 amide bonds. The Hall–Kier alpha value is -0.170. The van der Waals surface area contributed by atoms with E-state index in [1.165, 1.54) is 25.9 Å². The van der Waals surface area contributed by atoms with Crippen LogP contribution in [-0.2, 0) is 10.1 Å². The van der Waals surface area contributed by atoms with Gasteiger partial charge in [-0.2, -0.15) is 8.42 Å². The third-order valence-corrected chi connectivity index (χ3v) is 2.71. The summed E-state index contributed by atoms with van der Waals surface area (Å²) < 4.78 is 25.9. The van der Waals surface area contributed by atoms with Crippen LogP contribution in [0.2, 0.25) is 0 Å². The highest BCUT2D eigenvalue weighted by Crippen LogP contribution is 2.25. The van der Waals surface area contributed by atoms with Crippen LogP contribution in [-0.4, -0.2) is 49.8 Å². The van der Waals surface area contributed by atoms with E-state index in [4.69, 9.17) is 10.3 Å². The smallest absolute Gasteiger partial charge is 0.261 e. The second-order valence-electron chi connectivity index (χ2n) is 4.03. The third-order valence-electron chi connectivity index (χ3n) is 2.71. The second-order valence-corrected chi connectivity index (χ2v) is 5.50. The number of piperidine rings is 3. The fourth-order valence-electron chi connectivity index (χ4n) is 2.01. The van der Waals surface area contributed by atoms with Gasteiger partial charge in [0.1, 0.15) is 0 Å². The van der Waals surface area contributed by atoms with Gasteiger partial charge in [-0.3, -0.25) is 4.55 Å². The Morgan fingerprint density at radius 1 is 1.36 bits per heavy atom. The molecule has 1 atom stereocenters. The minimum atomic E-state index is -3.67. The van der Waals surface area contributed by atoms with E-state index < -0.39 is 10.1 Å². The van der Waals surface area contributed by atoms with Crippen molar-refractivity contribution in [2.24, 2.45) is 11.7 Å². The standard InChI is InChI=1S/C7H14N2.CH4O3S/c8-7-5-9-3-1-6(7)2-4-9;1-5(2,3)4/h6-7H,1-5,8H2;1H3,(H,2,3,4)/t7-;/m0./s1. The first-order chi connectivity index (χ1) is 6.36. The fraction of sp³-hybridized carbons (Fsp3) is 1.00. The van der Waals surface area contributed by atoms with Crippen LogP contribution in [0.25, 0.3) is 0 Å². The number of hydrogen-bond donors (Lipinski definition) is 2. The first kappa shape index (κ1) is 11.9. The predicted molar refractivity (Wildman–Crippen MR) is 54.6 cm³/mol. The van der Waals surface area contributed by atoms with E-state index in [0.29, 0.717) is 12.3 Å². The van der Waals surface area contributed by atoms with Gasteiger partial charge in [-0.05, 0) is 31.8 Å². The molecule has 14 heavy (non-hydrogen) atoms. The van der Waals surface area contributed by atoms with Gasteiger partial charge in [-0.1, -0.05) is 0 Å². The Morgan fingerprint density at radius 2 is 1.79 bits per heavy atom. The molecule has 2 bridgehead atoms. The van der Waals surface area contributed by atoms with Crippen molar-refractivity contribution in [3.05, 3.63) is 0 Å². The van der Waals surface area contributed by atoms with Gasteiger partial charge in [-0.15, -0.1) is 0 Å². The highest BCUT2D eigenvalue weighted by molar-refractivity contribution is 7.85. The molecule has 6 heteroatoms. The van der Waals surface area contributed by atoms with Gasteiger partial charge in [0.25, 0.3) is 10.1 Å². The van der Waals surface area contributed by atoms with Crippen molar-refractivity contribution in [1.29, 1.82) is 0 Å². The highest BCUT2D eigenvalue weighted by atomic mass is 32.2. The second kappa shape index (κ2) is 4.57. The zero-order valence-electron chi connectivity index (χ0n) is 8.39.